The summed E-state index contributed by atoms with van der Waals surface area (Å²) in [5.41, 5.74) is 8.14. The van der Waals surface area contributed by atoms with Gasteiger partial charge in [-0.25, -0.2) is 0 Å². The van der Waals surface area contributed by atoms with Crippen LogP contribution in [-0.2, 0) is 22.3 Å². The Balaban J connectivity index is 0.000000690. The second kappa shape index (κ2) is 30.9. The van der Waals surface area contributed by atoms with Crippen LogP contribution in [0.2, 0.25) is 0 Å². The molecule has 0 spiro atoms. The summed E-state index contributed by atoms with van der Waals surface area (Å²) >= 11 is 0. The second-order valence-electron chi connectivity index (χ2n) is 17.0. The number of phenols is 3. The van der Waals surface area contributed by atoms with Crippen LogP contribution in [0.3, 0.4) is 0 Å². The molecular weight excluding hydrogens is 908 g/mol. The number of halogens is 1. The Morgan fingerprint density at radius 1 is 0.600 bits per heavy atom. The minimum atomic E-state index is -0.505. The maximum Gasteiger partial charge on any atom is 0.193 e. The molecule has 0 fully saturated rings. The molecule has 4 aromatic carbocycles. The molecule has 4 aromatic rings. The van der Waals surface area contributed by atoms with E-state index >= 15 is 0 Å². The van der Waals surface area contributed by atoms with Crippen LogP contribution in [0.5, 0.6) is 40.2 Å². The van der Waals surface area contributed by atoms with Gasteiger partial charge >= 0.3 is 0 Å². The molecule has 0 saturated heterocycles. The predicted octanol–water partition coefficient (Wildman–Crippen LogP) is 13.8. The molecule has 380 valence electrons. The number of phenolic OH excluding ortho intramolecular Hbond substituents is 3. The number of carbonyl (C=O) groups excluding carboxylic acids is 2. The summed E-state index contributed by atoms with van der Waals surface area (Å²) in [5.74, 6) is 0.868. The van der Waals surface area contributed by atoms with E-state index in [1.54, 1.807) is 57.7 Å². The van der Waals surface area contributed by atoms with Gasteiger partial charge in [0.2, 0.25) is 0 Å². The van der Waals surface area contributed by atoms with Gasteiger partial charge in [-0.3, -0.25) is 9.59 Å². The van der Waals surface area contributed by atoms with Gasteiger partial charge in [0, 0.05) is 43.0 Å². The lowest BCUT2D eigenvalue weighted by molar-refractivity contribution is 0.0501. The number of ether oxygens (including phenoxy) is 6. The third-order valence-corrected chi connectivity index (χ3v) is 11.2. The number of benzene rings is 4. The molecule has 2 unspecified atom stereocenters. The van der Waals surface area contributed by atoms with Crippen LogP contribution in [0.25, 0.3) is 12.2 Å². The number of hydrogen-bond acceptors (Lipinski definition) is 11. The molecule has 2 atom stereocenters. The van der Waals surface area contributed by atoms with E-state index in [1.165, 1.54) is 42.5 Å². The fourth-order valence-corrected chi connectivity index (χ4v) is 7.21. The first-order chi connectivity index (χ1) is 32.4. The van der Waals surface area contributed by atoms with Gasteiger partial charge in [-0.15, -0.1) is 12.4 Å². The average molecular weight is 984 g/mol. The molecular formula is C58H75ClO11. The second-order valence-corrected chi connectivity index (χ2v) is 17.0. The van der Waals surface area contributed by atoms with Crippen molar-refractivity contribution < 1.29 is 53.3 Å². The van der Waals surface area contributed by atoms with Crippen LogP contribution < -0.4 is 18.9 Å². The van der Waals surface area contributed by atoms with E-state index in [1.807, 2.05) is 58.9 Å². The highest BCUT2D eigenvalue weighted by Gasteiger charge is 2.26. The molecule has 0 aliphatic heterocycles. The molecule has 0 heterocycles. The van der Waals surface area contributed by atoms with Gasteiger partial charge in [0.1, 0.15) is 45.8 Å². The summed E-state index contributed by atoms with van der Waals surface area (Å²) in [6.07, 6.45) is 12.9. The Morgan fingerprint density at radius 2 is 1.06 bits per heavy atom. The number of rotatable bonds is 24. The fourth-order valence-electron chi connectivity index (χ4n) is 7.21. The van der Waals surface area contributed by atoms with Crippen molar-refractivity contribution in [3.8, 4) is 40.2 Å². The van der Waals surface area contributed by atoms with Gasteiger partial charge in [0.15, 0.2) is 25.2 Å². The summed E-state index contributed by atoms with van der Waals surface area (Å²) in [6, 6.07) is 17.2. The first-order valence-electron chi connectivity index (χ1n) is 22.3. The van der Waals surface area contributed by atoms with Crippen LogP contribution >= 0.6 is 12.4 Å². The van der Waals surface area contributed by atoms with E-state index in [0.717, 1.165) is 34.3 Å². The molecule has 70 heavy (non-hydrogen) atoms. The Bertz CT molecular complexity index is 2500. The average Bonchev–Trinajstić information content (AvgIpc) is 3.30. The molecule has 0 aliphatic rings. The summed E-state index contributed by atoms with van der Waals surface area (Å²) in [6.45, 7) is 22.5. The molecule has 11 nitrogen and oxygen atoms in total. The standard InChI is InChI=1S/C31H40O6.C26H30O5.CH4.ClH/c1-21(2)13-14-25(22(3)4)17-26-23(5)31(30(35-8)18-29(26)37-20-34-7)27(32)16-15-24-11-9-10-12-28(24)36-19-33-6;1-16(2)10-11-19(17(3)4)14-20-23(29)15-24(31-5)25(26(20)30)22(28)13-12-18-8-6-7-9-21(18)27;;/h9-13,15-16,18,25H,3,14,17,19-20H2,1-2,4-8H3;6-10,12-13,15,19,27,29-30H,3,11,14H2,1-2,4-5H3;1H4;1H/b16-15+;13-12+;;. The van der Waals surface area contributed by atoms with Crippen molar-refractivity contribution in [2.75, 3.05) is 42.0 Å². The van der Waals surface area contributed by atoms with Crippen LogP contribution in [0.1, 0.15) is 110 Å². The topological polar surface area (TPSA) is 150 Å². The van der Waals surface area contributed by atoms with E-state index in [-0.39, 0.29) is 85.2 Å². The van der Waals surface area contributed by atoms with Crippen LogP contribution in [0.4, 0.5) is 0 Å². The van der Waals surface area contributed by atoms with Gasteiger partial charge in [-0.1, -0.05) is 91.4 Å². The smallest absolute Gasteiger partial charge is 0.193 e. The van der Waals surface area contributed by atoms with Crippen molar-refractivity contribution >= 4 is 36.1 Å². The number of hydrogen-bond donors (Lipinski definition) is 3. The quantitative estimate of drug-likeness (QED) is 0.0266. The fraction of sp³-hybridized carbons (Fsp3) is 0.345. The minimum Gasteiger partial charge on any atom is -0.507 e. The number of aromatic hydroxyl groups is 3. The zero-order chi connectivity index (χ0) is 50.5. The number of methoxy groups -OCH3 is 4. The first kappa shape index (κ1) is 61.5. The Morgan fingerprint density at radius 3 is 1.56 bits per heavy atom. The third kappa shape index (κ3) is 18.1. The zero-order valence-corrected chi connectivity index (χ0v) is 42.9. The number of para-hydroxylation sites is 2. The Hall–Kier alpha value is -6.53. The minimum absolute atomic E-state index is 0. The first-order valence-corrected chi connectivity index (χ1v) is 22.3. The van der Waals surface area contributed by atoms with E-state index in [9.17, 15) is 24.9 Å². The number of allylic oxidation sites excluding steroid dienone is 8. The van der Waals surface area contributed by atoms with Crippen molar-refractivity contribution in [3.63, 3.8) is 0 Å². The summed E-state index contributed by atoms with van der Waals surface area (Å²) in [4.78, 5) is 26.4. The maximum atomic E-state index is 13.5. The lowest BCUT2D eigenvalue weighted by Crippen LogP contribution is -2.13. The number of carbonyl (C=O) groups is 2. The molecule has 0 saturated carbocycles. The molecule has 0 aromatic heterocycles. The molecule has 4 rings (SSSR count). The van der Waals surface area contributed by atoms with Crippen molar-refractivity contribution in [1.82, 2.24) is 0 Å². The molecule has 0 aliphatic carbocycles. The van der Waals surface area contributed by atoms with Crippen molar-refractivity contribution in [3.05, 3.63) is 159 Å². The lowest BCUT2D eigenvalue weighted by atomic mass is 9.86. The lowest BCUT2D eigenvalue weighted by Gasteiger charge is -2.23. The third-order valence-electron chi connectivity index (χ3n) is 11.2. The van der Waals surface area contributed by atoms with E-state index in [0.29, 0.717) is 47.6 Å². The Kier molecular flexibility index (Phi) is 27.1. The van der Waals surface area contributed by atoms with Crippen LogP contribution in [-0.4, -0.2) is 68.9 Å². The van der Waals surface area contributed by atoms with E-state index < -0.39 is 5.78 Å². The molecule has 12 heteroatoms. The summed E-state index contributed by atoms with van der Waals surface area (Å²) in [5, 5.41) is 31.3. The monoisotopic (exact) mass is 982 g/mol. The highest BCUT2D eigenvalue weighted by molar-refractivity contribution is 6.11. The maximum absolute atomic E-state index is 13.5. The highest BCUT2D eigenvalue weighted by Crippen LogP contribution is 2.41. The van der Waals surface area contributed by atoms with Crippen LogP contribution in [0, 0.1) is 18.8 Å². The Labute approximate surface area is 422 Å². The van der Waals surface area contributed by atoms with Crippen molar-refractivity contribution in [1.29, 1.82) is 0 Å². The van der Waals surface area contributed by atoms with Crippen molar-refractivity contribution in [2.45, 2.75) is 81.6 Å². The molecule has 0 amide bonds. The van der Waals surface area contributed by atoms with Crippen LogP contribution in [0.15, 0.2) is 120 Å². The number of ketones is 2. The van der Waals surface area contributed by atoms with Gasteiger partial charge in [0.05, 0.1) is 19.8 Å². The summed E-state index contributed by atoms with van der Waals surface area (Å²) < 4.78 is 32.6. The molecule has 3 N–H and O–H groups in total. The molecule has 0 radical (unpaired) electrons. The normalized spacial score (nSPS) is 11.5. The zero-order valence-electron chi connectivity index (χ0n) is 42.1. The molecule has 0 bridgehead atoms. The predicted molar refractivity (Wildman–Crippen MR) is 286 cm³/mol. The van der Waals surface area contributed by atoms with Gasteiger partial charge in [-0.2, -0.15) is 0 Å². The highest BCUT2D eigenvalue weighted by atomic mass is 35.5. The van der Waals surface area contributed by atoms with Crippen molar-refractivity contribution in [2.24, 2.45) is 11.8 Å². The van der Waals surface area contributed by atoms with Gasteiger partial charge in [0.25, 0.3) is 0 Å². The SMILES string of the molecule is C.C=C(C)C(CC=C(C)C)Cc1c(O)cc(OC)c(C(=O)/C=C/c2ccccc2O)c1O.C=C(C)C(CC=C(C)C)Cc1c(OCOC)cc(OC)c(C(=O)/C=C/c2ccccc2OCOC)c1C.Cl. The van der Waals surface area contributed by atoms with E-state index in [4.69, 9.17) is 28.4 Å². The van der Waals surface area contributed by atoms with Gasteiger partial charge < -0.3 is 43.7 Å². The van der Waals surface area contributed by atoms with E-state index in [2.05, 4.69) is 39.2 Å². The van der Waals surface area contributed by atoms with Gasteiger partial charge in [-0.05, 0) is 134 Å². The largest absolute Gasteiger partial charge is 0.507 e. The summed E-state index contributed by atoms with van der Waals surface area (Å²) in [7, 11) is 6.05.